The fourth-order valence-corrected chi connectivity index (χ4v) is 2.47. The molecule has 0 bridgehead atoms. The Morgan fingerprint density at radius 3 is 1.57 bits per heavy atom. The van der Waals surface area contributed by atoms with Crippen LogP contribution in [0.4, 0.5) is 28.9 Å². The van der Waals surface area contributed by atoms with Crippen LogP contribution in [0.3, 0.4) is 0 Å². The van der Waals surface area contributed by atoms with Gasteiger partial charge in [0, 0.05) is 17.5 Å². The molecular formula is C21H15F4N3. The maximum atomic E-state index is 13.7. The molecule has 28 heavy (non-hydrogen) atoms. The van der Waals surface area contributed by atoms with Gasteiger partial charge in [0.15, 0.2) is 23.3 Å². The van der Waals surface area contributed by atoms with Crippen LogP contribution in [0.2, 0.25) is 0 Å². The molecule has 0 spiro atoms. The molecule has 2 aromatic carbocycles. The molecule has 0 amide bonds. The number of nitrogens with zero attached hydrogens (tertiary/aromatic N) is 3. The molecule has 1 aromatic heterocycles. The second kappa shape index (κ2) is 8.12. The molecule has 7 heteroatoms. The van der Waals surface area contributed by atoms with E-state index in [4.69, 9.17) is 0 Å². The normalized spacial score (nSPS) is 12.4. The van der Waals surface area contributed by atoms with Crippen LogP contribution in [-0.2, 0) is 0 Å². The van der Waals surface area contributed by atoms with Crippen molar-refractivity contribution >= 4 is 22.8 Å². The van der Waals surface area contributed by atoms with Crippen LogP contribution in [0.15, 0.2) is 64.7 Å². The van der Waals surface area contributed by atoms with Gasteiger partial charge >= 0.3 is 0 Å². The first-order chi connectivity index (χ1) is 13.4. The van der Waals surface area contributed by atoms with Gasteiger partial charge in [-0.2, -0.15) is 0 Å². The van der Waals surface area contributed by atoms with Crippen molar-refractivity contribution in [2.24, 2.45) is 9.98 Å². The van der Waals surface area contributed by atoms with E-state index in [1.165, 1.54) is 18.3 Å². The van der Waals surface area contributed by atoms with Crippen molar-refractivity contribution in [2.75, 3.05) is 0 Å². The molecule has 0 saturated heterocycles. The smallest absolute Gasteiger partial charge is 0.151 e. The SMILES string of the molecule is CC(=Nc1c(F)cccc1F)c1ccc(C(C)=Nc2c(F)cccc2F)nc1. The number of pyridine rings is 1. The number of aliphatic imine (C=N–C) groups is 2. The molecule has 0 N–H and O–H groups in total. The lowest BCUT2D eigenvalue weighted by Gasteiger charge is -2.06. The first kappa shape index (κ1) is 19.4. The predicted octanol–water partition coefficient (Wildman–Crippen LogP) is 5.92. The van der Waals surface area contributed by atoms with Crippen LogP contribution >= 0.6 is 0 Å². The van der Waals surface area contributed by atoms with Crippen molar-refractivity contribution in [3.63, 3.8) is 0 Å². The van der Waals surface area contributed by atoms with Crippen LogP contribution < -0.4 is 0 Å². The van der Waals surface area contributed by atoms with Gasteiger partial charge in [0.2, 0.25) is 0 Å². The zero-order chi connectivity index (χ0) is 20.3. The number of benzene rings is 2. The lowest BCUT2D eigenvalue weighted by Crippen LogP contribution is -2.02. The summed E-state index contributed by atoms with van der Waals surface area (Å²) in [6.45, 7) is 3.17. The summed E-state index contributed by atoms with van der Waals surface area (Å²) in [5, 5.41) is 0. The van der Waals surface area contributed by atoms with E-state index in [1.807, 2.05) is 0 Å². The van der Waals surface area contributed by atoms with Crippen molar-refractivity contribution in [3.8, 4) is 0 Å². The maximum absolute atomic E-state index is 13.7. The summed E-state index contributed by atoms with van der Waals surface area (Å²) in [5.41, 5.74) is 0.839. The van der Waals surface area contributed by atoms with Gasteiger partial charge in [-0.25, -0.2) is 27.5 Å². The minimum atomic E-state index is -0.772. The number of aromatic nitrogens is 1. The summed E-state index contributed by atoms with van der Waals surface area (Å²) in [6.07, 6.45) is 1.45. The van der Waals surface area contributed by atoms with E-state index in [9.17, 15) is 17.6 Å². The second-order valence-corrected chi connectivity index (χ2v) is 5.97. The molecule has 0 unspecified atom stereocenters. The fraction of sp³-hybridized carbons (Fsp3) is 0.0952. The van der Waals surface area contributed by atoms with E-state index in [0.717, 1.165) is 24.3 Å². The third-order valence-corrected chi connectivity index (χ3v) is 3.99. The summed E-state index contributed by atoms with van der Waals surface area (Å²) in [5.74, 6) is -3.07. The van der Waals surface area contributed by atoms with Gasteiger partial charge in [-0.15, -0.1) is 0 Å². The number of hydrogen-bond donors (Lipinski definition) is 0. The molecule has 1 heterocycles. The summed E-state index contributed by atoms with van der Waals surface area (Å²) in [6, 6.07) is 10.2. The van der Waals surface area contributed by atoms with Gasteiger partial charge in [0.1, 0.15) is 11.4 Å². The summed E-state index contributed by atoms with van der Waals surface area (Å²) < 4.78 is 54.9. The Morgan fingerprint density at radius 1 is 0.679 bits per heavy atom. The third-order valence-electron chi connectivity index (χ3n) is 3.99. The van der Waals surface area contributed by atoms with Gasteiger partial charge < -0.3 is 0 Å². The molecule has 0 atom stereocenters. The molecule has 3 rings (SSSR count). The third kappa shape index (κ3) is 4.14. The monoisotopic (exact) mass is 385 g/mol. The van der Waals surface area contributed by atoms with Crippen molar-refractivity contribution in [3.05, 3.63) is 89.3 Å². The summed E-state index contributed by atoms with van der Waals surface area (Å²) in [7, 11) is 0. The molecule has 0 aliphatic rings. The molecule has 0 radical (unpaired) electrons. The van der Waals surface area contributed by atoms with E-state index >= 15 is 0 Å². The van der Waals surface area contributed by atoms with Crippen LogP contribution in [0.1, 0.15) is 25.1 Å². The van der Waals surface area contributed by atoms with Crippen molar-refractivity contribution in [1.29, 1.82) is 0 Å². The Morgan fingerprint density at radius 2 is 1.14 bits per heavy atom. The van der Waals surface area contributed by atoms with Crippen LogP contribution in [0.5, 0.6) is 0 Å². The second-order valence-electron chi connectivity index (χ2n) is 5.97. The molecular weight excluding hydrogens is 370 g/mol. The zero-order valence-electron chi connectivity index (χ0n) is 15.0. The average molecular weight is 385 g/mol. The van der Waals surface area contributed by atoms with E-state index in [0.29, 0.717) is 22.7 Å². The quantitative estimate of drug-likeness (QED) is 0.406. The first-order valence-corrected chi connectivity index (χ1v) is 8.32. The average Bonchev–Trinajstić information content (AvgIpc) is 2.67. The lowest BCUT2D eigenvalue weighted by molar-refractivity contribution is 0.587. The van der Waals surface area contributed by atoms with Crippen molar-refractivity contribution in [1.82, 2.24) is 4.98 Å². The first-order valence-electron chi connectivity index (χ1n) is 8.32. The number of hydrogen-bond acceptors (Lipinski definition) is 3. The molecule has 0 saturated carbocycles. The Hall–Kier alpha value is -3.35. The molecule has 0 fully saturated rings. The zero-order valence-corrected chi connectivity index (χ0v) is 15.0. The van der Waals surface area contributed by atoms with E-state index in [2.05, 4.69) is 15.0 Å². The predicted molar refractivity (Wildman–Crippen MR) is 101 cm³/mol. The van der Waals surface area contributed by atoms with E-state index in [-0.39, 0.29) is 5.69 Å². The number of rotatable bonds is 4. The highest BCUT2D eigenvalue weighted by atomic mass is 19.1. The van der Waals surface area contributed by atoms with Crippen LogP contribution in [0.25, 0.3) is 0 Å². The van der Waals surface area contributed by atoms with Gasteiger partial charge in [-0.3, -0.25) is 4.98 Å². The maximum Gasteiger partial charge on any atom is 0.151 e. The molecule has 0 aliphatic carbocycles. The van der Waals surface area contributed by atoms with Crippen molar-refractivity contribution < 1.29 is 17.6 Å². The van der Waals surface area contributed by atoms with E-state index < -0.39 is 29.0 Å². The number of halogens is 4. The molecule has 3 nitrogen and oxygen atoms in total. The van der Waals surface area contributed by atoms with E-state index in [1.54, 1.807) is 26.0 Å². The van der Waals surface area contributed by atoms with Gasteiger partial charge in [0.25, 0.3) is 0 Å². The summed E-state index contributed by atoms with van der Waals surface area (Å²) in [4.78, 5) is 12.2. The Balaban J connectivity index is 1.89. The minimum absolute atomic E-state index is 0.310. The topological polar surface area (TPSA) is 37.6 Å². The van der Waals surface area contributed by atoms with Crippen LogP contribution in [0, 0.1) is 23.3 Å². The standard InChI is InChI=1S/C21H15F4N3/c1-12(27-20-15(22)5-3-6-16(20)23)14-9-10-19(26-11-14)13(2)28-21-17(24)7-4-8-18(21)25/h3-11H,1-2H3. The van der Waals surface area contributed by atoms with Crippen molar-refractivity contribution in [2.45, 2.75) is 13.8 Å². The number of para-hydroxylation sites is 2. The summed E-state index contributed by atoms with van der Waals surface area (Å²) >= 11 is 0. The highest BCUT2D eigenvalue weighted by Crippen LogP contribution is 2.24. The van der Waals surface area contributed by atoms with Gasteiger partial charge in [-0.05, 0) is 50.2 Å². The highest BCUT2D eigenvalue weighted by molar-refractivity contribution is 6.02. The van der Waals surface area contributed by atoms with Crippen LogP contribution in [-0.4, -0.2) is 16.4 Å². The largest absolute Gasteiger partial charge is 0.254 e. The lowest BCUT2D eigenvalue weighted by atomic mass is 10.1. The molecule has 142 valence electrons. The fourth-order valence-electron chi connectivity index (χ4n) is 2.47. The Labute approximate surface area is 159 Å². The van der Waals surface area contributed by atoms with Gasteiger partial charge in [-0.1, -0.05) is 12.1 Å². The Kier molecular flexibility index (Phi) is 5.63. The minimum Gasteiger partial charge on any atom is -0.254 e. The molecule has 0 aliphatic heterocycles. The Bertz CT molecular complexity index is 947. The molecule has 3 aromatic rings. The van der Waals surface area contributed by atoms with Gasteiger partial charge in [0.05, 0.1) is 11.4 Å². The highest BCUT2D eigenvalue weighted by Gasteiger charge is 2.11.